The molecule has 0 heterocycles. The highest BCUT2D eigenvalue weighted by Gasteiger charge is 2.27. The first-order valence-corrected chi connectivity index (χ1v) is 11.5. The van der Waals surface area contributed by atoms with Gasteiger partial charge in [-0.3, -0.25) is 0 Å². The van der Waals surface area contributed by atoms with Crippen molar-refractivity contribution in [1.82, 2.24) is 0 Å². The molecular formula is C27H41OP. The lowest BCUT2D eigenvalue weighted by Gasteiger charge is -2.30. The monoisotopic (exact) mass is 412 g/mol. The molecule has 0 saturated heterocycles. The first kappa shape index (κ1) is 23.9. The Morgan fingerprint density at radius 3 is 1.79 bits per heavy atom. The summed E-state index contributed by atoms with van der Waals surface area (Å²) in [6, 6.07) is 7.02. The van der Waals surface area contributed by atoms with Crippen LogP contribution in [0.25, 0.3) is 11.1 Å². The van der Waals surface area contributed by atoms with Crippen LogP contribution in [0.15, 0.2) is 18.2 Å². The van der Waals surface area contributed by atoms with Gasteiger partial charge in [0.2, 0.25) is 0 Å². The van der Waals surface area contributed by atoms with E-state index in [0.717, 1.165) is 5.75 Å². The second-order valence-corrected chi connectivity index (χ2v) is 10.9. The molecule has 0 aliphatic rings. The average molecular weight is 413 g/mol. The zero-order chi connectivity index (χ0) is 22.3. The SMILES string of the molecule is COc1c(C(C)C)cc(C)c(-c2c(C(C)C)ccc(C(C)(C)C)c2P)c1C(C)C. The summed E-state index contributed by atoms with van der Waals surface area (Å²) in [4.78, 5) is 0. The van der Waals surface area contributed by atoms with Crippen LogP contribution in [0, 0.1) is 6.92 Å². The molecule has 1 atom stereocenters. The summed E-state index contributed by atoms with van der Waals surface area (Å²) in [7, 11) is 4.90. The van der Waals surface area contributed by atoms with E-state index in [9.17, 15) is 0 Å². The molecular weight excluding hydrogens is 371 g/mol. The number of methoxy groups -OCH3 is 1. The molecule has 0 aromatic heterocycles. The van der Waals surface area contributed by atoms with Gasteiger partial charge in [-0.25, -0.2) is 0 Å². The van der Waals surface area contributed by atoms with Gasteiger partial charge in [-0.05, 0) is 68.8 Å². The van der Waals surface area contributed by atoms with Crippen molar-refractivity contribution in [2.24, 2.45) is 0 Å². The van der Waals surface area contributed by atoms with Gasteiger partial charge in [-0.1, -0.05) is 80.5 Å². The van der Waals surface area contributed by atoms with Crippen LogP contribution in [0.2, 0.25) is 0 Å². The quantitative estimate of drug-likeness (QED) is 0.455. The van der Waals surface area contributed by atoms with Gasteiger partial charge < -0.3 is 4.74 Å². The van der Waals surface area contributed by atoms with Crippen molar-refractivity contribution in [2.45, 2.75) is 92.4 Å². The molecule has 2 aromatic rings. The standard InChI is InChI=1S/C27H41OP/c1-15(2)19-12-13-21(27(8,9)10)26(29)24(19)23-18(7)14-20(16(3)4)25(28-11)22(23)17(5)6/h12-17H,29H2,1-11H3. The number of hydrogen-bond donors (Lipinski definition) is 0. The summed E-state index contributed by atoms with van der Waals surface area (Å²) in [5.74, 6) is 2.32. The minimum atomic E-state index is 0.0925. The number of hydrogen-bond acceptors (Lipinski definition) is 1. The normalized spacial score (nSPS) is 12.4. The summed E-state index contributed by atoms with van der Waals surface area (Å²) >= 11 is 0. The van der Waals surface area contributed by atoms with Crippen LogP contribution >= 0.6 is 9.24 Å². The van der Waals surface area contributed by atoms with Crippen molar-refractivity contribution < 1.29 is 4.74 Å². The van der Waals surface area contributed by atoms with Crippen LogP contribution in [-0.4, -0.2) is 7.11 Å². The van der Waals surface area contributed by atoms with Crippen molar-refractivity contribution in [3.8, 4) is 16.9 Å². The van der Waals surface area contributed by atoms with Crippen LogP contribution in [0.5, 0.6) is 5.75 Å². The third-order valence-corrected chi connectivity index (χ3v) is 6.50. The predicted molar refractivity (Wildman–Crippen MR) is 133 cm³/mol. The topological polar surface area (TPSA) is 9.23 Å². The Hall–Kier alpha value is -1.33. The molecule has 160 valence electrons. The second kappa shape index (κ2) is 8.81. The van der Waals surface area contributed by atoms with E-state index in [1.54, 1.807) is 0 Å². The summed E-state index contributed by atoms with van der Waals surface area (Å²) in [5, 5.41) is 1.33. The highest BCUT2D eigenvalue weighted by molar-refractivity contribution is 7.28. The molecule has 0 aliphatic heterocycles. The molecule has 0 bridgehead atoms. The minimum Gasteiger partial charge on any atom is -0.496 e. The number of ether oxygens (including phenoxy) is 1. The zero-order valence-electron chi connectivity index (χ0n) is 20.4. The van der Waals surface area contributed by atoms with Gasteiger partial charge >= 0.3 is 0 Å². The lowest BCUT2D eigenvalue weighted by atomic mass is 9.78. The maximum atomic E-state index is 6.05. The molecule has 0 spiro atoms. The van der Waals surface area contributed by atoms with Gasteiger partial charge in [0.05, 0.1) is 7.11 Å². The Bertz CT molecular complexity index is 883. The summed E-state index contributed by atoms with van der Waals surface area (Å²) in [6.45, 7) is 22.8. The maximum absolute atomic E-state index is 6.05. The summed E-state index contributed by atoms with van der Waals surface area (Å²) in [5.41, 5.74) is 9.63. The van der Waals surface area contributed by atoms with Crippen molar-refractivity contribution in [1.29, 1.82) is 0 Å². The van der Waals surface area contributed by atoms with Gasteiger partial charge in [-0.2, -0.15) is 0 Å². The van der Waals surface area contributed by atoms with Crippen molar-refractivity contribution >= 4 is 14.5 Å². The first-order valence-electron chi connectivity index (χ1n) is 11.0. The predicted octanol–water partition coefficient (Wildman–Crippen LogP) is 7.84. The lowest BCUT2D eigenvalue weighted by Crippen LogP contribution is -2.22. The maximum Gasteiger partial charge on any atom is 0.126 e. The van der Waals surface area contributed by atoms with E-state index in [2.05, 4.69) is 96.7 Å². The van der Waals surface area contributed by atoms with Gasteiger partial charge in [0.15, 0.2) is 0 Å². The van der Waals surface area contributed by atoms with E-state index in [1.807, 2.05) is 7.11 Å². The highest BCUT2D eigenvalue weighted by Crippen LogP contribution is 2.45. The molecule has 0 fully saturated rings. The van der Waals surface area contributed by atoms with Gasteiger partial charge in [0, 0.05) is 5.56 Å². The molecule has 1 unspecified atom stereocenters. The minimum absolute atomic E-state index is 0.0925. The van der Waals surface area contributed by atoms with Crippen molar-refractivity contribution in [3.63, 3.8) is 0 Å². The molecule has 2 rings (SSSR count). The molecule has 0 N–H and O–H groups in total. The average Bonchev–Trinajstić information content (AvgIpc) is 2.59. The third-order valence-electron chi connectivity index (χ3n) is 5.90. The van der Waals surface area contributed by atoms with E-state index < -0.39 is 0 Å². The lowest BCUT2D eigenvalue weighted by molar-refractivity contribution is 0.400. The molecule has 0 amide bonds. The molecule has 0 radical (unpaired) electrons. The number of aryl methyl sites for hydroxylation is 1. The van der Waals surface area contributed by atoms with Gasteiger partial charge in [-0.15, -0.1) is 9.24 Å². The molecule has 2 heteroatoms. The smallest absolute Gasteiger partial charge is 0.126 e. The fraction of sp³-hybridized carbons (Fsp3) is 0.556. The fourth-order valence-electron chi connectivity index (χ4n) is 4.44. The van der Waals surface area contributed by atoms with Crippen LogP contribution in [0.1, 0.15) is 108 Å². The van der Waals surface area contributed by atoms with Crippen molar-refractivity contribution in [2.75, 3.05) is 7.11 Å². The summed E-state index contributed by atoms with van der Waals surface area (Å²) < 4.78 is 6.05. The Balaban J connectivity index is 3.08. The van der Waals surface area contributed by atoms with Crippen LogP contribution < -0.4 is 10.0 Å². The van der Waals surface area contributed by atoms with E-state index >= 15 is 0 Å². The Morgan fingerprint density at radius 1 is 0.828 bits per heavy atom. The van der Waals surface area contributed by atoms with Gasteiger partial charge in [0.1, 0.15) is 5.75 Å². The first-order chi connectivity index (χ1) is 13.3. The van der Waals surface area contributed by atoms with E-state index in [1.165, 1.54) is 44.2 Å². The zero-order valence-corrected chi connectivity index (χ0v) is 21.6. The Morgan fingerprint density at radius 2 is 1.38 bits per heavy atom. The van der Waals surface area contributed by atoms with Crippen LogP contribution in [0.4, 0.5) is 0 Å². The number of rotatable bonds is 5. The van der Waals surface area contributed by atoms with E-state index in [4.69, 9.17) is 4.74 Å². The molecule has 1 nitrogen and oxygen atoms in total. The summed E-state index contributed by atoms with van der Waals surface area (Å²) in [6.07, 6.45) is 0. The van der Waals surface area contributed by atoms with Crippen LogP contribution in [0.3, 0.4) is 0 Å². The molecule has 2 aromatic carbocycles. The Kier molecular flexibility index (Phi) is 7.27. The Labute approximate surface area is 181 Å². The molecule has 0 saturated carbocycles. The largest absolute Gasteiger partial charge is 0.496 e. The van der Waals surface area contributed by atoms with E-state index in [-0.39, 0.29) is 5.41 Å². The third kappa shape index (κ3) is 4.56. The fourth-order valence-corrected chi connectivity index (χ4v) is 5.28. The van der Waals surface area contributed by atoms with Crippen molar-refractivity contribution in [3.05, 3.63) is 46.0 Å². The van der Waals surface area contributed by atoms with Gasteiger partial charge in [0.25, 0.3) is 0 Å². The highest BCUT2D eigenvalue weighted by atomic mass is 31.0. The second-order valence-electron chi connectivity index (χ2n) is 10.3. The molecule has 0 aliphatic carbocycles. The number of benzene rings is 2. The van der Waals surface area contributed by atoms with E-state index in [0.29, 0.717) is 17.8 Å². The molecule has 29 heavy (non-hydrogen) atoms. The van der Waals surface area contributed by atoms with Crippen LogP contribution in [-0.2, 0) is 5.41 Å².